The number of hydrogen-bond donors (Lipinski definition) is 1. The Labute approximate surface area is 90.7 Å². The van der Waals surface area contributed by atoms with Crippen molar-refractivity contribution in [3.63, 3.8) is 0 Å². The number of rotatable bonds is 3. The Hall–Kier alpha value is -0.530. The van der Waals surface area contributed by atoms with Gasteiger partial charge < -0.3 is 5.11 Å². The van der Waals surface area contributed by atoms with Crippen LogP contribution in [0.1, 0.15) is 25.0 Å². The van der Waals surface area contributed by atoms with Gasteiger partial charge in [-0.25, -0.2) is 0 Å². The first-order chi connectivity index (χ1) is 6.50. The molecule has 1 aromatic carbocycles. The van der Waals surface area contributed by atoms with Crippen molar-refractivity contribution in [2.75, 3.05) is 0 Å². The lowest BCUT2D eigenvalue weighted by Gasteiger charge is -2.15. The third kappa shape index (κ3) is 3.00. The summed E-state index contributed by atoms with van der Waals surface area (Å²) in [5.41, 5.74) is 2.29. The smallest absolute Gasteiger partial charge is 0.0540 e. The summed E-state index contributed by atoms with van der Waals surface area (Å²) < 4.78 is 0. The molecule has 1 rings (SSSR count). The van der Waals surface area contributed by atoms with Crippen molar-refractivity contribution in [2.45, 2.75) is 33.3 Å². The number of aliphatic hydroxyl groups is 1. The lowest BCUT2D eigenvalue weighted by atomic mass is 9.96. The van der Waals surface area contributed by atoms with E-state index in [1.165, 1.54) is 5.56 Å². The average Bonchev–Trinajstić information content (AvgIpc) is 2.09. The molecule has 0 saturated carbocycles. The summed E-state index contributed by atoms with van der Waals surface area (Å²) in [6.07, 6.45) is 0.545. The summed E-state index contributed by atoms with van der Waals surface area (Å²) in [5.74, 6) is 0.246. The zero-order valence-corrected chi connectivity index (χ0v) is 9.67. The number of benzene rings is 1. The second-order valence-corrected chi connectivity index (χ2v) is 4.42. The Kier molecular flexibility index (Phi) is 3.97. The second-order valence-electron chi connectivity index (χ2n) is 4.02. The van der Waals surface area contributed by atoms with Crippen LogP contribution in [0.15, 0.2) is 18.2 Å². The molecule has 0 saturated heterocycles. The minimum Gasteiger partial charge on any atom is -0.393 e. The Bertz CT molecular complexity index is 307. The molecular weight excluding hydrogens is 196 g/mol. The second kappa shape index (κ2) is 4.81. The van der Waals surface area contributed by atoms with E-state index in [-0.39, 0.29) is 12.0 Å². The van der Waals surface area contributed by atoms with Crippen LogP contribution in [0.3, 0.4) is 0 Å². The van der Waals surface area contributed by atoms with Crippen molar-refractivity contribution in [1.29, 1.82) is 0 Å². The molecule has 0 heterocycles. The van der Waals surface area contributed by atoms with E-state index in [0.29, 0.717) is 0 Å². The van der Waals surface area contributed by atoms with Crippen LogP contribution in [-0.4, -0.2) is 11.2 Å². The van der Waals surface area contributed by atoms with Crippen LogP contribution in [-0.2, 0) is 6.42 Å². The predicted molar refractivity (Wildman–Crippen MR) is 60.7 cm³/mol. The van der Waals surface area contributed by atoms with Gasteiger partial charge in [-0.3, -0.25) is 0 Å². The highest BCUT2D eigenvalue weighted by molar-refractivity contribution is 6.31. The molecule has 0 aliphatic carbocycles. The molecule has 0 spiro atoms. The molecule has 2 atom stereocenters. The molecule has 1 nitrogen and oxygen atoms in total. The lowest BCUT2D eigenvalue weighted by molar-refractivity contribution is 0.135. The fraction of sp³-hybridized carbons (Fsp3) is 0.500. The highest BCUT2D eigenvalue weighted by Gasteiger charge is 2.11. The fourth-order valence-electron chi connectivity index (χ4n) is 1.34. The molecule has 14 heavy (non-hydrogen) atoms. The first-order valence-electron chi connectivity index (χ1n) is 4.94. The van der Waals surface area contributed by atoms with Gasteiger partial charge in [0.05, 0.1) is 6.10 Å². The van der Waals surface area contributed by atoms with Crippen LogP contribution < -0.4 is 0 Å². The van der Waals surface area contributed by atoms with Gasteiger partial charge >= 0.3 is 0 Å². The minimum atomic E-state index is -0.285. The average molecular weight is 213 g/mol. The first-order valence-corrected chi connectivity index (χ1v) is 5.31. The third-order valence-electron chi connectivity index (χ3n) is 2.57. The van der Waals surface area contributed by atoms with Crippen molar-refractivity contribution in [2.24, 2.45) is 5.92 Å². The highest BCUT2D eigenvalue weighted by atomic mass is 35.5. The summed E-state index contributed by atoms with van der Waals surface area (Å²) in [6, 6.07) is 6.05. The van der Waals surface area contributed by atoms with E-state index in [9.17, 15) is 5.11 Å². The molecule has 0 amide bonds. The maximum absolute atomic E-state index is 9.38. The van der Waals surface area contributed by atoms with E-state index in [0.717, 1.165) is 17.0 Å². The number of halogens is 1. The highest BCUT2D eigenvalue weighted by Crippen LogP contribution is 2.21. The molecule has 0 aliphatic heterocycles. The van der Waals surface area contributed by atoms with Gasteiger partial charge in [0, 0.05) is 5.02 Å². The maximum Gasteiger partial charge on any atom is 0.0540 e. The SMILES string of the molecule is Cc1ccc(CC(C)C(C)O)c(Cl)c1. The summed E-state index contributed by atoms with van der Waals surface area (Å²) >= 11 is 6.10. The zero-order valence-electron chi connectivity index (χ0n) is 8.92. The molecule has 2 heteroatoms. The normalized spacial score (nSPS) is 15.2. The van der Waals surface area contributed by atoms with Crippen molar-refractivity contribution >= 4 is 11.6 Å². The van der Waals surface area contributed by atoms with E-state index < -0.39 is 0 Å². The molecule has 0 radical (unpaired) electrons. The van der Waals surface area contributed by atoms with Gasteiger partial charge in [0.2, 0.25) is 0 Å². The van der Waals surface area contributed by atoms with Crippen molar-refractivity contribution in [3.05, 3.63) is 34.3 Å². The van der Waals surface area contributed by atoms with Crippen molar-refractivity contribution in [1.82, 2.24) is 0 Å². The topological polar surface area (TPSA) is 20.2 Å². The van der Waals surface area contributed by atoms with E-state index in [4.69, 9.17) is 11.6 Å². The Morgan fingerprint density at radius 1 is 1.36 bits per heavy atom. The quantitative estimate of drug-likeness (QED) is 0.816. The zero-order chi connectivity index (χ0) is 10.7. The molecule has 1 aromatic rings. The molecule has 2 unspecified atom stereocenters. The Balaban J connectivity index is 2.77. The Morgan fingerprint density at radius 2 is 2.00 bits per heavy atom. The van der Waals surface area contributed by atoms with Gasteiger partial charge in [-0.2, -0.15) is 0 Å². The largest absolute Gasteiger partial charge is 0.393 e. The number of aliphatic hydroxyl groups excluding tert-OH is 1. The summed E-state index contributed by atoms with van der Waals surface area (Å²) in [7, 11) is 0. The summed E-state index contributed by atoms with van der Waals surface area (Å²) in [4.78, 5) is 0. The molecule has 0 aliphatic rings. The van der Waals surface area contributed by atoms with Gasteiger partial charge in [0.25, 0.3) is 0 Å². The molecule has 1 N–H and O–H groups in total. The molecule has 0 bridgehead atoms. The van der Waals surface area contributed by atoms with Gasteiger partial charge in [-0.15, -0.1) is 0 Å². The van der Waals surface area contributed by atoms with Crippen LogP contribution in [0.5, 0.6) is 0 Å². The molecular formula is C12H17ClO. The van der Waals surface area contributed by atoms with Crippen molar-refractivity contribution in [3.8, 4) is 0 Å². The van der Waals surface area contributed by atoms with Crippen LogP contribution in [0, 0.1) is 12.8 Å². The van der Waals surface area contributed by atoms with E-state index in [2.05, 4.69) is 6.07 Å². The summed E-state index contributed by atoms with van der Waals surface area (Å²) in [6.45, 7) is 5.86. The minimum absolute atomic E-state index is 0.246. The standard InChI is InChI=1S/C12H17ClO/c1-8-4-5-11(12(13)6-8)7-9(2)10(3)14/h4-6,9-10,14H,7H2,1-3H3. The van der Waals surface area contributed by atoms with E-state index in [1.807, 2.05) is 32.9 Å². The molecule has 0 fully saturated rings. The van der Waals surface area contributed by atoms with Gasteiger partial charge in [0.1, 0.15) is 0 Å². The Morgan fingerprint density at radius 3 is 2.50 bits per heavy atom. The molecule has 78 valence electrons. The fourth-order valence-corrected chi connectivity index (χ4v) is 1.65. The molecule has 0 aromatic heterocycles. The predicted octanol–water partition coefficient (Wildman–Crippen LogP) is 3.21. The van der Waals surface area contributed by atoms with Gasteiger partial charge in [-0.05, 0) is 43.4 Å². The monoisotopic (exact) mass is 212 g/mol. The third-order valence-corrected chi connectivity index (χ3v) is 2.93. The lowest BCUT2D eigenvalue weighted by Crippen LogP contribution is -2.15. The van der Waals surface area contributed by atoms with E-state index >= 15 is 0 Å². The van der Waals surface area contributed by atoms with Crippen molar-refractivity contribution < 1.29 is 5.11 Å². The first kappa shape index (κ1) is 11.5. The number of aryl methyl sites for hydroxylation is 1. The van der Waals surface area contributed by atoms with Crippen LogP contribution in [0.4, 0.5) is 0 Å². The summed E-state index contributed by atoms with van der Waals surface area (Å²) in [5, 5.41) is 10.2. The maximum atomic E-state index is 9.38. The van der Waals surface area contributed by atoms with E-state index in [1.54, 1.807) is 0 Å². The van der Waals surface area contributed by atoms with Gasteiger partial charge in [-0.1, -0.05) is 30.7 Å². The van der Waals surface area contributed by atoms with Crippen LogP contribution in [0.25, 0.3) is 0 Å². The van der Waals surface area contributed by atoms with Crippen LogP contribution >= 0.6 is 11.6 Å². The van der Waals surface area contributed by atoms with Gasteiger partial charge in [0.15, 0.2) is 0 Å². The number of hydrogen-bond acceptors (Lipinski definition) is 1. The van der Waals surface area contributed by atoms with Crippen LogP contribution in [0.2, 0.25) is 5.02 Å².